The fraction of sp³-hybridized carbons (Fsp3) is 0.433. The van der Waals surface area contributed by atoms with E-state index in [9.17, 15) is 14.0 Å². The van der Waals surface area contributed by atoms with Gasteiger partial charge in [-0.25, -0.2) is 13.2 Å². The summed E-state index contributed by atoms with van der Waals surface area (Å²) in [5, 5.41) is 10.5. The zero-order valence-electron chi connectivity index (χ0n) is 22.9. The van der Waals surface area contributed by atoms with Gasteiger partial charge in [0.15, 0.2) is 11.6 Å². The van der Waals surface area contributed by atoms with Crippen LogP contribution in [0.5, 0.6) is 11.8 Å². The summed E-state index contributed by atoms with van der Waals surface area (Å²) in [6.45, 7) is 2.14. The van der Waals surface area contributed by atoms with Crippen molar-refractivity contribution in [2.45, 2.75) is 49.9 Å². The SMILES string of the molecule is N#Cc1c(N)sc2c(F)ccc(-c3c(Cl)c4c5c(nc(OC[C@@]67CCCN6C[C@H](F)C7)nc5c3F)N(C3CC3)CCO4)c12. The second-order valence-corrected chi connectivity index (χ2v) is 13.2. The minimum Gasteiger partial charge on any atom is -0.489 e. The van der Waals surface area contributed by atoms with Crippen molar-refractivity contribution in [1.82, 2.24) is 14.9 Å². The number of ether oxygens (including phenoxy) is 2. The van der Waals surface area contributed by atoms with Gasteiger partial charge >= 0.3 is 6.01 Å². The van der Waals surface area contributed by atoms with E-state index in [-0.39, 0.29) is 73.3 Å². The van der Waals surface area contributed by atoms with Gasteiger partial charge in [-0.15, -0.1) is 11.3 Å². The Labute approximate surface area is 253 Å². The molecule has 2 aromatic heterocycles. The van der Waals surface area contributed by atoms with Gasteiger partial charge in [0.05, 0.1) is 32.8 Å². The maximum absolute atomic E-state index is 16.9. The van der Waals surface area contributed by atoms with Crippen molar-refractivity contribution < 1.29 is 22.6 Å². The van der Waals surface area contributed by atoms with Crippen molar-refractivity contribution in [1.29, 1.82) is 5.26 Å². The van der Waals surface area contributed by atoms with Crippen LogP contribution in [0, 0.1) is 23.0 Å². The lowest BCUT2D eigenvalue weighted by Crippen LogP contribution is -2.43. The van der Waals surface area contributed by atoms with E-state index in [1.807, 2.05) is 6.07 Å². The number of aromatic nitrogens is 2. The fourth-order valence-corrected chi connectivity index (χ4v) is 8.41. The summed E-state index contributed by atoms with van der Waals surface area (Å²) in [4.78, 5) is 13.5. The maximum Gasteiger partial charge on any atom is 0.319 e. The summed E-state index contributed by atoms with van der Waals surface area (Å²) in [6.07, 6.45) is 3.14. The molecular weight excluding hydrogens is 601 g/mol. The first-order chi connectivity index (χ1) is 20.8. The van der Waals surface area contributed by atoms with Crippen molar-refractivity contribution >= 4 is 54.7 Å². The Hall–Kier alpha value is -3.53. The van der Waals surface area contributed by atoms with E-state index in [1.165, 1.54) is 12.1 Å². The molecular formula is C30H26ClF3N6O2S. The molecule has 13 heteroatoms. The van der Waals surface area contributed by atoms with Crippen LogP contribution in [0.15, 0.2) is 12.1 Å². The molecule has 5 heterocycles. The Morgan fingerprint density at radius 2 is 2.07 bits per heavy atom. The molecule has 222 valence electrons. The molecule has 8 nitrogen and oxygen atoms in total. The van der Waals surface area contributed by atoms with Crippen LogP contribution in [0.1, 0.15) is 37.7 Å². The van der Waals surface area contributed by atoms with Gasteiger partial charge in [0.2, 0.25) is 0 Å². The van der Waals surface area contributed by atoms with Crippen molar-refractivity contribution in [3.63, 3.8) is 0 Å². The number of fused-ring (bicyclic) bond motifs is 2. The molecule has 0 amide bonds. The van der Waals surface area contributed by atoms with Crippen LogP contribution in [0.2, 0.25) is 5.02 Å². The van der Waals surface area contributed by atoms with E-state index in [4.69, 9.17) is 31.8 Å². The van der Waals surface area contributed by atoms with Crippen molar-refractivity contribution in [3.8, 4) is 29.0 Å². The predicted octanol–water partition coefficient (Wildman–Crippen LogP) is 6.21. The van der Waals surface area contributed by atoms with E-state index in [0.717, 1.165) is 43.6 Å². The summed E-state index contributed by atoms with van der Waals surface area (Å²) < 4.78 is 58.7. The minimum atomic E-state index is -0.921. The highest BCUT2D eigenvalue weighted by atomic mass is 35.5. The minimum absolute atomic E-state index is 0.0153. The van der Waals surface area contributed by atoms with E-state index in [1.54, 1.807) is 0 Å². The number of alkyl halides is 1. The summed E-state index contributed by atoms with van der Waals surface area (Å²) >= 11 is 7.86. The third-order valence-corrected chi connectivity index (χ3v) is 10.6. The molecule has 2 saturated heterocycles. The van der Waals surface area contributed by atoms with E-state index < -0.39 is 23.3 Å². The number of nitriles is 1. The monoisotopic (exact) mass is 626 g/mol. The molecule has 8 rings (SSSR count). The molecule has 3 aliphatic heterocycles. The molecule has 0 unspecified atom stereocenters. The van der Waals surface area contributed by atoms with Gasteiger partial charge in [0.25, 0.3) is 0 Å². The quantitative estimate of drug-likeness (QED) is 0.279. The molecule has 2 atom stereocenters. The predicted molar refractivity (Wildman–Crippen MR) is 159 cm³/mol. The van der Waals surface area contributed by atoms with Crippen LogP contribution in [0.3, 0.4) is 0 Å². The lowest BCUT2D eigenvalue weighted by Gasteiger charge is -2.31. The lowest BCUT2D eigenvalue weighted by molar-refractivity contribution is 0.107. The number of hydrogen-bond donors (Lipinski definition) is 1. The molecule has 3 fully saturated rings. The Kier molecular flexibility index (Phi) is 6.13. The molecule has 2 N–H and O–H groups in total. The number of nitrogens with two attached hydrogens (primary N) is 1. The van der Waals surface area contributed by atoms with Gasteiger partial charge in [-0.05, 0) is 43.9 Å². The van der Waals surface area contributed by atoms with Gasteiger partial charge in [-0.2, -0.15) is 15.2 Å². The van der Waals surface area contributed by atoms with Crippen molar-refractivity contribution in [2.24, 2.45) is 0 Å². The number of hydrogen-bond acceptors (Lipinski definition) is 9. The highest BCUT2D eigenvalue weighted by Gasteiger charge is 2.49. The average Bonchev–Trinajstić information content (AvgIpc) is 3.61. The van der Waals surface area contributed by atoms with Crippen LogP contribution >= 0.6 is 22.9 Å². The number of anilines is 2. The van der Waals surface area contributed by atoms with Crippen LogP contribution < -0.4 is 20.1 Å². The zero-order valence-corrected chi connectivity index (χ0v) is 24.5. The first-order valence-corrected chi connectivity index (χ1v) is 15.5. The van der Waals surface area contributed by atoms with Gasteiger partial charge in [-0.3, -0.25) is 4.90 Å². The second-order valence-electron chi connectivity index (χ2n) is 11.8. The normalized spacial score (nSPS) is 23.4. The number of nitrogens with zero attached hydrogens (tertiary/aromatic N) is 5. The summed E-state index contributed by atoms with van der Waals surface area (Å²) in [6, 6.07) is 4.83. The number of nitrogen functional groups attached to an aromatic ring is 1. The van der Waals surface area contributed by atoms with Crippen LogP contribution in [0.25, 0.3) is 32.1 Å². The molecule has 4 aliphatic rings. The topological polar surface area (TPSA) is 101 Å². The lowest BCUT2D eigenvalue weighted by atomic mass is 9.95. The number of benzene rings is 2. The maximum atomic E-state index is 16.9. The van der Waals surface area contributed by atoms with E-state index in [0.29, 0.717) is 30.7 Å². The first-order valence-electron chi connectivity index (χ1n) is 14.3. The van der Waals surface area contributed by atoms with Gasteiger partial charge < -0.3 is 20.1 Å². The Morgan fingerprint density at radius 3 is 2.86 bits per heavy atom. The van der Waals surface area contributed by atoms with Crippen molar-refractivity contribution in [2.75, 3.05) is 43.5 Å². The standard InChI is InChI=1S/C30H26ClF3N6O2S/c31-22-20(16-4-5-18(33)26-19(16)17(11-35)27(36)43-26)23(34)24-21-25(22)41-9-8-40(15-2-3-15)28(21)38-29(37-24)42-13-30-6-1-7-39(30)12-14(32)10-30/h4-5,14-15H,1-3,6-10,12-13,36H2/t14-,30+/m1/s1. The molecule has 2 aromatic carbocycles. The molecule has 1 aliphatic carbocycles. The van der Waals surface area contributed by atoms with Crippen LogP contribution in [-0.2, 0) is 0 Å². The van der Waals surface area contributed by atoms with Crippen molar-refractivity contribution in [3.05, 3.63) is 34.4 Å². The number of thiophene rings is 1. The number of rotatable bonds is 5. The van der Waals surface area contributed by atoms with E-state index >= 15 is 4.39 Å². The molecule has 0 radical (unpaired) electrons. The van der Waals surface area contributed by atoms with Crippen LogP contribution in [0.4, 0.5) is 24.0 Å². The smallest absolute Gasteiger partial charge is 0.319 e. The molecule has 4 aromatic rings. The molecule has 43 heavy (non-hydrogen) atoms. The molecule has 1 saturated carbocycles. The van der Waals surface area contributed by atoms with Crippen LogP contribution in [-0.4, -0.2) is 65.5 Å². The zero-order chi connectivity index (χ0) is 29.6. The summed E-state index contributed by atoms with van der Waals surface area (Å²) in [5.41, 5.74) is 5.74. The van der Waals surface area contributed by atoms with Gasteiger partial charge in [-0.1, -0.05) is 17.7 Å². The largest absolute Gasteiger partial charge is 0.489 e. The summed E-state index contributed by atoms with van der Waals surface area (Å²) in [5.74, 6) is -0.662. The third kappa shape index (κ3) is 4.05. The van der Waals surface area contributed by atoms with Gasteiger partial charge in [0.1, 0.15) is 47.6 Å². The second kappa shape index (κ2) is 9.74. The third-order valence-electron chi connectivity index (χ3n) is 9.21. The summed E-state index contributed by atoms with van der Waals surface area (Å²) in [7, 11) is 0. The highest BCUT2D eigenvalue weighted by molar-refractivity contribution is 7.23. The number of halogens is 4. The first kappa shape index (κ1) is 27.0. The Bertz CT molecular complexity index is 1880. The highest BCUT2D eigenvalue weighted by Crippen LogP contribution is 2.51. The Balaban J connectivity index is 1.34. The average molecular weight is 627 g/mol. The molecule has 0 bridgehead atoms. The van der Waals surface area contributed by atoms with Gasteiger partial charge in [0, 0.05) is 30.0 Å². The fourth-order valence-electron chi connectivity index (χ4n) is 7.13. The molecule has 0 spiro atoms. The Morgan fingerprint density at radius 1 is 1.23 bits per heavy atom. The van der Waals surface area contributed by atoms with E-state index in [2.05, 4.69) is 14.8 Å².